The summed E-state index contributed by atoms with van der Waals surface area (Å²) in [7, 11) is 0. The van der Waals surface area contributed by atoms with Crippen LogP contribution in [0.2, 0.25) is 0 Å². The van der Waals surface area contributed by atoms with E-state index in [2.05, 4.69) is 182 Å². The maximum Gasteiger partial charge on any atom is 0.160 e. The van der Waals surface area contributed by atoms with Crippen molar-refractivity contribution in [2.45, 2.75) is 25.2 Å². The monoisotopic (exact) mass is 766 g/mol. The summed E-state index contributed by atoms with van der Waals surface area (Å²) in [5, 5.41) is 4.87. The zero-order chi connectivity index (χ0) is 39.6. The average Bonchev–Trinajstić information content (AvgIpc) is 3.66. The molecule has 0 saturated carbocycles. The number of rotatable bonds is 6. The first-order valence-corrected chi connectivity index (χ1v) is 20.9. The summed E-state index contributed by atoms with van der Waals surface area (Å²) in [4.78, 5) is 20.7. The predicted octanol–water partition coefficient (Wildman–Crippen LogP) is 14.2. The van der Waals surface area contributed by atoms with Crippen LogP contribution in [0.4, 0.5) is 0 Å². The summed E-state index contributed by atoms with van der Waals surface area (Å²) >= 11 is 0. The summed E-state index contributed by atoms with van der Waals surface area (Å²) in [6.45, 7) is 0. The number of benzene rings is 6. The van der Waals surface area contributed by atoms with E-state index in [0.29, 0.717) is 0 Å². The van der Waals surface area contributed by atoms with Crippen molar-refractivity contribution in [2.24, 2.45) is 0 Å². The third-order valence-corrected chi connectivity index (χ3v) is 12.5. The molecule has 0 bridgehead atoms. The largest absolute Gasteiger partial charge is 0.246 e. The summed E-state index contributed by atoms with van der Waals surface area (Å²) in [5.41, 5.74) is 18.1. The van der Waals surface area contributed by atoms with Gasteiger partial charge in [-0.2, -0.15) is 0 Å². The maximum atomic E-state index is 5.31. The second kappa shape index (κ2) is 14.1. The van der Waals surface area contributed by atoms with Crippen LogP contribution in [0, 0.1) is 0 Å². The number of hydrogen-bond donors (Lipinski definition) is 0. The van der Waals surface area contributed by atoms with E-state index in [-0.39, 0.29) is 5.92 Å². The molecule has 0 N–H and O–H groups in total. The lowest BCUT2D eigenvalue weighted by atomic mass is 9.88. The van der Waals surface area contributed by atoms with Crippen LogP contribution in [0.25, 0.3) is 99.9 Å². The molecular formula is C56H38N4. The minimum atomic E-state index is 0.220. The number of nitrogens with zero attached hydrogens (tertiary/aromatic N) is 4. The minimum Gasteiger partial charge on any atom is -0.246 e. The van der Waals surface area contributed by atoms with Crippen molar-refractivity contribution < 1.29 is 0 Å². The molecule has 60 heavy (non-hydrogen) atoms. The molecule has 3 aliphatic carbocycles. The molecule has 9 aromatic rings. The standard InChI is InChI=1S/C56H38N4/c1-3-10-36(11-4-1)51-34-52(37-12-5-2-6-13-37)60-56(59-51)42-26-22-39(23-27-42)50-33-29-41-25-24-40-28-32-49(57-54(40)55(41)58-50)38-20-18-35(19-21-38)43-30-31-48-45-15-8-7-14-44(45)47-17-9-16-46(43)53(47)48/h1-12,14-18,20,22-34,37H,13,19,21H2. The van der Waals surface area contributed by atoms with Crippen LogP contribution in [-0.2, 0) is 0 Å². The molecule has 0 saturated heterocycles. The SMILES string of the molecule is C1=CCC(c2cc(-c3ccccc3)nc(-c3ccc(-c4ccc5ccc6ccc(C7=CC=C(c8ccc9c%10c(cccc8%10)-c8ccccc8-9)CC7)nc6c5n4)cc3)n2)C=C1. The molecule has 6 aromatic carbocycles. The summed E-state index contributed by atoms with van der Waals surface area (Å²) in [5.74, 6) is 0.947. The van der Waals surface area contributed by atoms with Gasteiger partial charge in [-0.05, 0) is 87.2 Å². The van der Waals surface area contributed by atoms with Crippen molar-refractivity contribution in [3.05, 3.63) is 205 Å². The first kappa shape index (κ1) is 34.5. The van der Waals surface area contributed by atoms with Crippen LogP contribution < -0.4 is 0 Å². The van der Waals surface area contributed by atoms with Gasteiger partial charge in [0.2, 0.25) is 0 Å². The fourth-order valence-electron chi connectivity index (χ4n) is 9.40. The first-order chi connectivity index (χ1) is 29.7. The predicted molar refractivity (Wildman–Crippen MR) is 248 cm³/mol. The molecule has 3 aliphatic rings. The highest BCUT2D eigenvalue weighted by molar-refractivity contribution is 6.17. The van der Waals surface area contributed by atoms with E-state index in [1.54, 1.807) is 0 Å². The number of fused-ring (bicyclic) bond motifs is 6. The molecule has 0 amide bonds. The van der Waals surface area contributed by atoms with Crippen molar-refractivity contribution in [1.29, 1.82) is 0 Å². The summed E-state index contributed by atoms with van der Waals surface area (Å²) in [6.07, 6.45) is 16.1. The molecular weight excluding hydrogens is 729 g/mol. The molecule has 4 heteroatoms. The summed E-state index contributed by atoms with van der Waals surface area (Å²) < 4.78 is 0. The zero-order valence-electron chi connectivity index (χ0n) is 32.9. The third-order valence-electron chi connectivity index (χ3n) is 12.5. The second-order valence-corrected chi connectivity index (χ2v) is 16.0. The van der Waals surface area contributed by atoms with Crippen LogP contribution >= 0.6 is 0 Å². The van der Waals surface area contributed by atoms with E-state index in [1.165, 1.54) is 49.7 Å². The van der Waals surface area contributed by atoms with Gasteiger partial charge in [0.1, 0.15) is 0 Å². The van der Waals surface area contributed by atoms with E-state index in [4.69, 9.17) is 19.9 Å². The number of allylic oxidation sites excluding steroid dienone is 8. The van der Waals surface area contributed by atoms with Crippen molar-refractivity contribution in [3.8, 4) is 56.2 Å². The van der Waals surface area contributed by atoms with Crippen LogP contribution in [0.3, 0.4) is 0 Å². The van der Waals surface area contributed by atoms with Gasteiger partial charge in [0.05, 0.1) is 33.8 Å². The highest BCUT2D eigenvalue weighted by atomic mass is 14.9. The normalized spacial score (nSPS) is 15.4. The van der Waals surface area contributed by atoms with Gasteiger partial charge in [0, 0.05) is 33.4 Å². The fraction of sp³-hybridized carbons (Fsp3) is 0.0714. The van der Waals surface area contributed by atoms with Gasteiger partial charge in [-0.3, -0.25) is 0 Å². The van der Waals surface area contributed by atoms with Gasteiger partial charge in [-0.15, -0.1) is 0 Å². The van der Waals surface area contributed by atoms with E-state index in [0.717, 1.165) is 86.4 Å². The molecule has 0 aliphatic heterocycles. The molecule has 4 nitrogen and oxygen atoms in total. The lowest BCUT2D eigenvalue weighted by Gasteiger charge is -2.18. The second-order valence-electron chi connectivity index (χ2n) is 16.0. The Kier molecular flexibility index (Phi) is 8.09. The Hall–Kier alpha value is -7.56. The molecule has 0 fully saturated rings. The van der Waals surface area contributed by atoms with Crippen LogP contribution in [0.15, 0.2) is 188 Å². The Morgan fingerprint density at radius 1 is 0.433 bits per heavy atom. The highest BCUT2D eigenvalue weighted by Gasteiger charge is 2.23. The molecule has 3 heterocycles. The Balaban J connectivity index is 0.866. The quantitative estimate of drug-likeness (QED) is 0.158. The lowest BCUT2D eigenvalue weighted by Crippen LogP contribution is -2.04. The Labute approximate surface area is 348 Å². The van der Waals surface area contributed by atoms with E-state index in [9.17, 15) is 0 Å². The van der Waals surface area contributed by atoms with E-state index < -0.39 is 0 Å². The van der Waals surface area contributed by atoms with Crippen LogP contribution in [-0.4, -0.2) is 19.9 Å². The molecule has 0 spiro atoms. The Bertz CT molecular complexity index is 3310. The van der Waals surface area contributed by atoms with E-state index >= 15 is 0 Å². The molecule has 12 rings (SSSR count). The Morgan fingerprint density at radius 3 is 1.82 bits per heavy atom. The van der Waals surface area contributed by atoms with Gasteiger partial charge < -0.3 is 0 Å². The van der Waals surface area contributed by atoms with Crippen molar-refractivity contribution in [3.63, 3.8) is 0 Å². The highest BCUT2D eigenvalue weighted by Crippen LogP contribution is 2.49. The van der Waals surface area contributed by atoms with Gasteiger partial charge in [0.15, 0.2) is 5.82 Å². The number of aromatic nitrogens is 4. The van der Waals surface area contributed by atoms with Gasteiger partial charge in [-0.1, -0.05) is 170 Å². The maximum absolute atomic E-state index is 5.31. The van der Waals surface area contributed by atoms with Crippen molar-refractivity contribution in [1.82, 2.24) is 19.9 Å². The fourth-order valence-corrected chi connectivity index (χ4v) is 9.40. The molecule has 282 valence electrons. The first-order valence-electron chi connectivity index (χ1n) is 20.9. The van der Waals surface area contributed by atoms with Gasteiger partial charge >= 0.3 is 0 Å². The van der Waals surface area contributed by atoms with Crippen LogP contribution in [0.5, 0.6) is 0 Å². The van der Waals surface area contributed by atoms with Gasteiger partial charge in [0.25, 0.3) is 0 Å². The van der Waals surface area contributed by atoms with Crippen LogP contribution in [0.1, 0.15) is 42.1 Å². The number of pyridine rings is 2. The number of hydrogen-bond acceptors (Lipinski definition) is 4. The molecule has 1 atom stereocenters. The van der Waals surface area contributed by atoms with Gasteiger partial charge in [-0.25, -0.2) is 19.9 Å². The average molecular weight is 767 g/mol. The molecule has 3 aromatic heterocycles. The molecule has 0 radical (unpaired) electrons. The lowest BCUT2D eigenvalue weighted by molar-refractivity contribution is 0.811. The minimum absolute atomic E-state index is 0.220. The van der Waals surface area contributed by atoms with Crippen molar-refractivity contribution >= 4 is 43.7 Å². The third kappa shape index (κ3) is 5.83. The topological polar surface area (TPSA) is 51.6 Å². The Morgan fingerprint density at radius 2 is 1.07 bits per heavy atom. The zero-order valence-corrected chi connectivity index (χ0v) is 32.9. The van der Waals surface area contributed by atoms with E-state index in [1.807, 2.05) is 6.07 Å². The molecule has 1 unspecified atom stereocenters. The smallest absolute Gasteiger partial charge is 0.160 e. The van der Waals surface area contributed by atoms with Crippen molar-refractivity contribution in [2.75, 3.05) is 0 Å². The summed E-state index contributed by atoms with van der Waals surface area (Å²) in [6, 6.07) is 54.1.